The largest absolute Gasteiger partial charge is 0.376 e. The molecule has 2 unspecified atom stereocenters. The summed E-state index contributed by atoms with van der Waals surface area (Å²) in [4.78, 5) is 0. The number of nitrogens with one attached hydrogen (secondary N) is 1. The Morgan fingerprint density at radius 2 is 2.00 bits per heavy atom. The van der Waals surface area contributed by atoms with Crippen molar-refractivity contribution in [1.82, 2.24) is 5.32 Å². The fourth-order valence-electron chi connectivity index (χ4n) is 1.38. The van der Waals surface area contributed by atoms with E-state index in [1.54, 1.807) is 0 Å². The highest BCUT2D eigenvalue weighted by Crippen LogP contribution is 2.29. The Morgan fingerprint density at radius 1 is 1.46 bits per heavy atom. The van der Waals surface area contributed by atoms with Crippen molar-refractivity contribution >= 4 is 0 Å². The molecule has 1 fully saturated rings. The molecule has 0 aromatic rings. The van der Waals surface area contributed by atoms with E-state index in [9.17, 15) is 0 Å². The number of hydrogen-bond donors (Lipinski definition) is 1. The molecule has 0 aromatic carbocycles. The van der Waals surface area contributed by atoms with E-state index in [4.69, 9.17) is 4.74 Å². The molecule has 0 aromatic heterocycles. The third-order valence-electron chi connectivity index (χ3n) is 3.38. The van der Waals surface area contributed by atoms with Crippen LogP contribution in [0.5, 0.6) is 0 Å². The van der Waals surface area contributed by atoms with Crippen LogP contribution < -0.4 is 5.32 Å². The summed E-state index contributed by atoms with van der Waals surface area (Å²) in [6.07, 6.45) is 2.20. The quantitative estimate of drug-likeness (QED) is 0.666. The normalized spacial score (nSPS) is 33.5. The van der Waals surface area contributed by atoms with Crippen LogP contribution in [-0.2, 0) is 4.74 Å². The molecule has 78 valence electrons. The van der Waals surface area contributed by atoms with Crippen LogP contribution in [0, 0.1) is 0 Å². The minimum atomic E-state index is 0.0501. The van der Waals surface area contributed by atoms with Crippen LogP contribution in [0.25, 0.3) is 0 Å². The van der Waals surface area contributed by atoms with Crippen LogP contribution in [0.3, 0.4) is 0 Å². The lowest BCUT2D eigenvalue weighted by atomic mass is 10.0. The average Bonchev–Trinajstić information content (AvgIpc) is 2.59. The van der Waals surface area contributed by atoms with Gasteiger partial charge in [0.2, 0.25) is 0 Å². The van der Waals surface area contributed by atoms with E-state index in [0.717, 1.165) is 19.4 Å². The van der Waals surface area contributed by atoms with E-state index >= 15 is 0 Å². The van der Waals surface area contributed by atoms with Gasteiger partial charge in [0, 0.05) is 18.2 Å². The highest BCUT2D eigenvalue weighted by Gasteiger charge is 2.45. The van der Waals surface area contributed by atoms with Gasteiger partial charge in [-0.3, -0.25) is 0 Å². The van der Waals surface area contributed by atoms with Crippen molar-refractivity contribution in [3.05, 3.63) is 0 Å². The maximum Gasteiger partial charge on any atom is 0.0623 e. The summed E-state index contributed by atoms with van der Waals surface area (Å²) in [6.45, 7) is 11.8. The Morgan fingerprint density at radius 3 is 2.38 bits per heavy atom. The van der Waals surface area contributed by atoms with Crippen LogP contribution in [0.1, 0.15) is 47.5 Å². The summed E-state index contributed by atoms with van der Waals surface area (Å²) in [5.41, 5.74) is 0.401. The zero-order valence-corrected chi connectivity index (χ0v) is 9.61. The van der Waals surface area contributed by atoms with E-state index in [2.05, 4.69) is 39.9 Å². The zero-order valence-electron chi connectivity index (χ0n) is 9.61. The molecule has 1 aliphatic rings. The lowest BCUT2D eigenvalue weighted by molar-refractivity contribution is -0.0236. The molecule has 1 rings (SSSR count). The van der Waals surface area contributed by atoms with E-state index in [1.165, 1.54) is 0 Å². The number of hydrogen-bond acceptors (Lipinski definition) is 2. The van der Waals surface area contributed by atoms with Gasteiger partial charge in [0.05, 0.1) is 5.60 Å². The van der Waals surface area contributed by atoms with Gasteiger partial charge in [-0.1, -0.05) is 6.92 Å². The van der Waals surface area contributed by atoms with Gasteiger partial charge >= 0.3 is 0 Å². The fourth-order valence-corrected chi connectivity index (χ4v) is 1.38. The van der Waals surface area contributed by atoms with Gasteiger partial charge < -0.3 is 10.1 Å². The molecular weight excluding hydrogens is 162 g/mol. The lowest BCUT2D eigenvalue weighted by Gasteiger charge is -2.24. The Labute approximate surface area is 82.0 Å². The van der Waals surface area contributed by atoms with Crippen LogP contribution in [-0.4, -0.2) is 23.8 Å². The molecule has 2 atom stereocenters. The molecule has 0 radical (unpaired) electrons. The second kappa shape index (κ2) is 3.58. The van der Waals surface area contributed by atoms with E-state index < -0.39 is 0 Å². The first-order valence-corrected chi connectivity index (χ1v) is 5.31. The molecule has 0 aliphatic carbocycles. The Kier molecular flexibility index (Phi) is 3.03. The monoisotopic (exact) mass is 185 g/mol. The maximum absolute atomic E-state index is 5.80. The van der Waals surface area contributed by atoms with Crippen LogP contribution in [0.4, 0.5) is 0 Å². The van der Waals surface area contributed by atoms with Crippen molar-refractivity contribution in [3.63, 3.8) is 0 Å². The topological polar surface area (TPSA) is 31.2 Å². The smallest absolute Gasteiger partial charge is 0.0623 e. The molecule has 1 saturated heterocycles. The first kappa shape index (κ1) is 11.0. The molecule has 1 heterocycles. The SMILES string of the molecule is CCC(C)(C)OCCC1(C)NC1C. The van der Waals surface area contributed by atoms with Gasteiger partial charge in [0.25, 0.3) is 0 Å². The molecule has 0 bridgehead atoms. The van der Waals surface area contributed by atoms with E-state index in [-0.39, 0.29) is 5.60 Å². The van der Waals surface area contributed by atoms with Crippen LogP contribution >= 0.6 is 0 Å². The molecule has 13 heavy (non-hydrogen) atoms. The summed E-state index contributed by atoms with van der Waals surface area (Å²) in [5, 5.41) is 3.43. The molecule has 1 N–H and O–H groups in total. The third kappa shape index (κ3) is 2.96. The standard InChI is InChI=1S/C11H23NO/c1-6-10(3,4)13-8-7-11(5)9(2)12-11/h9,12H,6-8H2,1-5H3. The molecule has 0 amide bonds. The Bertz CT molecular complexity index is 169. The molecule has 1 aliphatic heterocycles. The Hall–Kier alpha value is -0.0800. The third-order valence-corrected chi connectivity index (χ3v) is 3.38. The van der Waals surface area contributed by atoms with Gasteiger partial charge in [-0.25, -0.2) is 0 Å². The van der Waals surface area contributed by atoms with Crippen molar-refractivity contribution in [2.24, 2.45) is 0 Å². The van der Waals surface area contributed by atoms with Crippen molar-refractivity contribution in [1.29, 1.82) is 0 Å². The lowest BCUT2D eigenvalue weighted by Crippen LogP contribution is -2.26. The second-order valence-corrected chi connectivity index (χ2v) is 5.00. The predicted octanol–water partition coefficient (Wildman–Crippen LogP) is 2.33. The Balaban J connectivity index is 2.15. The van der Waals surface area contributed by atoms with Crippen molar-refractivity contribution in [2.45, 2.75) is 64.6 Å². The number of rotatable bonds is 5. The molecular formula is C11H23NO. The highest BCUT2D eigenvalue weighted by atomic mass is 16.5. The van der Waals surface area contributed by atoms with Gasteiger partial charge in [-0.05, 0) is 40.5 Å². The van der Waals surface area contributed by atoms with E-state index in [0.29, 0.717) is 11.6 Å². The maximum atomic E-state index is 5.80. The zero-order chi connectivity index (χ0) is 10.1. The predicted molar refractivity (Wildman–Crippen MR) is 55.9 cm³/mol. The fraction of sp³-hybridized carbons (Fsp3) is 1.00. The molecule has 0 saturated carbocycles. The molecule has 0 spiro atoms. The van der Waals surface area contributed by atoms with Gasteiger partial charge in [-0.15, -0.1) is 0 Å². The second-order valence-electron chi connectivity index (χ2n) is 5.00. The summed E-state index contributed by atoms with van der Waals surface area (Å²) < 4.78 is 5.80. The first-order valence-electron chi connectivity index (χ1n) is 5.31. The highest BCUT2D eigenvalue weighted by molar-refractivity contribution is 5.08. The molecule has 2 heteroatoms. The van der Waals surface area contributed by atoms with Crippen LogP contribution in [0.15, 0.2) is 0 Å². The minimum Gasteiger partial charge on any atom is -0.376 e. The van der Waals surface area contributed by atoms with E-state index in [1.807, 2.05) is 0 Å². The van der Waals surface area contributed by atoms with Crippen molar-refractivity contribution < 1.29 is 4.74 Å². The summed E-state index contributed by atoms with van der Waals surface area (Å²) >= 11 is 0. The number of ether oxygens (including phenoxy) is 1. The average molecular weight is 185 g/mol. The summed E-state index contributed by atoms with van der Waals surface area (Å²) in [6, 6.07) is 0.667. The van der Waals surface area contributed by atoms with Gasteiger partial charge in [-0.2, -0.15) is 0 Å². The van der Waals surface area contributed by atoms with Crippen LogP contribution in [0.2, 0.25) is 0 Å². The summed E-state index contributed by atoms with van der Waals surface area (Å²) in [5.74, 6) is 0. The van der Waals surface area contributed by atoms with Gasteiger partial charge in [0.1, 0.15) is 0 Å². The molecule has 2 nitrogen and oxygen atoms in total. The van der Waals surface area contributed by atoms with Crippen molar-refractivity contribution in [3.8, 4) is 0 Å². The summed E-state index contributed by atoms with van der Waals surface area (Å²) in [7, 11) is 0. The first-order chi connectivity index (χ1) is 5.90. The van der Waals surface area contributed by atoms with Crippen molar-refractivity contribution in [2.75, 3.05) is 6.61 Å². The minimum absolute atomic E-state index is 0.0501. The van der Waals surface area contributed by atoms with Gasteiger partial charge in [0.15, 0.2) is 0 Å².